The van der Waals surface area contributed by atoms with Crippen LogP contribution in [-0.4, -0.2) is 46.1 Å². The third-order valence-electron chi connectivity index (χ3n) is 2.94. The fourth-order valence-electron chi connectivity index (χ4n) is 2.09. The van der Waals surface area contributed by atoms with E-state index in [1.54, 1.807) is 0 Å². The molecule has 0 spiro atoms. The molecule has 1 fully saturated rings. The molecule has 16 heavy (non-hydrogen) atoms. The summed E-state index contributed by atoms with van der Waals surface area (Å²) < 4.78 is 5.90. The van der Waals surface area contributed by atoms with Crippen LogP contribution < -0.4 is 4.74 Å². The van der Waals surface area contributed by atoms with E-state index in [0.717, 1.165) is 30.5 Å². The molecule has 1 aliphatic heterocycles. The summed E-state index contributed by atoms with van der Waals surface area (Å²) in [6.45, 7) is 2.06. The van der Waals surface area contributed by atoms with Gasteiger partial charge in [-0.3, -0.25) is 0 Å². The molecule has 0 aliphatic carbocycles. The molecule has 0 saturated carbocycles. The predicted molar refractivity (Wildman–Crippen MR) is 60.4 cm³/mol. The maximum Gasteiger partial charge on any atom is 0.226 e. The van der Waals surface area contributed by atoms with Crippen LogP contribution in [0.4, 0.5) is 0 Å². The fourth-order valence-corrected chi connectivity index (χ4v) is 2.09. The van der Waals surface area contributed by atoms with Crippen molar-refractivity contribution in [1.29, 1.82) is 0 Å². The molecular weight excluding hydrogens is 204 g/mol. The highest BCUT2D eigenvalue weighted by Gasteiger charge is 2.22. The first-order valence-electron chi connectivity index (χ1n) is 5.46. The van der Waals surface area contributed by atoms with Gasteiger partial charge in [-0.1, -0.05) is 0 Å². The summed E-state index contributed by atoms with van der Waals surface area (Å²) in [7, 11) is 2.11. The van der Waals surface area contributed by atoms with Crippen LogP contribution >= 0.6 is 0 Å². The summed E-state index contributed by atoms with van der Waals surface area (Å²) in [4.78, 5) is 13.6. The Morgan fingerprint density at radius 2 is 2.44 bits per heavy atom. The second-order valence-electron chi connectivity index (χ2n) is 4.21. The molecule has 5 heteroatoms. The molecule has 1 saturated heterocycles. The van der Waals surface area contributed by atoms with Crippen LogP contribution in [0.25, 0.3) is 11.0 Å². The summed E-state index contributed by atoms with van der Waals surface area (Å²) >= 11 is 0. The molecule has 0 amide bonds. The molecule has 84 valence electrons. The lowest BCUT2D eigenvalue weighted by Crippen LogP contribution is -2.21. The summed E-state index contributed by atoms with van der Waals surface area (Å²) in [5.41, 5.74) is 0.830. The molecule has 2 aromatic rings. The van der Waals surface area contributed by atoms with Gasteiger partial charge in [0.2, 0.25) is 5.88 Å². The summed E-state index contributed by atoms with van der Waals surface area (Å²) in [6, 6.07) is 1.95. The van der Waals surface area contributed by atoms with Crippen LogP contribution in [-0.2, 0) is 0 Å². The molecule has 0 radical (unpaired) electrons. The SMILES string of the molecule is CN1CCC(Oc2ncnc3[nH]ccc23)C1. The molecule has 1 unspecified atom stereocenters. The molecule has 1 atom stereocenters. The maximum atomic E-state index is 5.90. The van der Waals surface area contributed by atoms with Gasteiger partial charge in [0.25, 0.3) is 0 Å². The zero-order valence-electron chi connectivity index (χ0n) is 9.18. The van der Waals surface area contributed by atoms with Crippen molar-refractivity contribution in [3.63, 3.8) is 0 Å². The number of aromatic nitrogens is 3. The number of aromatic amines is 1. The molecule has 1 aliphatic rings. The van der Waals surface area contributed by atoms with Crippen molar-refractivity contribution in [2.45, 2.75) is 12.5 Å². The van der Waals surface area contributed by atoms with Crippen LogP contribution in [0, 0.1) is 0 Å². The van der Waals surface area contributed by atoms with Gasteiger partial charge in [0, 0.05) is 19.3 Å². The Kier molecular flexibility index (Phi) is 2.25. The van der Waals surface area contributed by atoms with Gasteiger partial charge in [-0.2, -0.15) is 0 Å². The van der Waals surface area contributed by atoms with Gasteiger partial charge in [-0.05, 0) is 19.5 Å². The Labute approximate surface area is 93.5 Å². The predicted octanol–water partition coefficient (Wildman–Crippen LogP) is 1.04. The molecule has 0 bridgehead atoms. The third-order valence-corrected chi connectivity index (χ3v) is 2.94. The second kappa shape index (κ2) is 3.75. The zero-order valence-corrected chi connectivity index (χ0v) is 9.18. The Bertz CT molecular complexity index is 495. The third kappa shape index (κ3) is 1.63. The fraction of sp³-hybridized carbons (Fsp3) is 0.455. The van der Waals surface area contributed by atoms with Gasteiger partial charge in [-0.15, -0.1) is 0 Å². The van der Waals surface area contributed by atoms with E-state index in [9.17, 15) is 0 Å². The molecule has 2 aromatic heterocycles. The quantitative estimate of drug-likeness (QED) is 0.818. The van der Waals surface area contributed by atoms with E-state index >= 15 is 0 Å². The Balaban J connectivity index is 1.86. The van der Waals surface area contributed by atoms with E-state index in [2.05, 4.69) is 26.9 Å². The molecule has 5 nitrogen and oxygen atoms in total. The van der Waals surface area contributed by atoms with Gasteiger partial charge in [0.1, 0.15) is 18.1 Å². The van der Waals surface area contributed by atoms with Gasteiger partial charge < -0.3 is 14.6 Å². The van der Waals surface area contributed by atoms with Crippen molar-refractivity contribution in [2.24, 2.45) is 0 Å². The van der Waals surface area contributed by atoms with Crippen LogP contribution in [0.15, 0.2) is 18.6 Å². The zero-order chi connectivity index (χ0) is 11.0. The first kappa shape index (κ1) is 9.59. The average molecular weight is 218 g/mol. The minimum atomic E-state index is 0.248. The van der Waals surface area contributed by atoms with E-state index in [-0.39, 0.29) is 6.10 Å². The summed E-state index contributed by atoms with van der Waals surface area (Å²) in [5.74, 6) is 0.687. The first-order valence-corrected chi connectivity index (χ1v) is 5.46. The Morgan fingerprint density at radius 3 is 3.25 bits per heavy atom. The summed E-state index contributed by atoms with van der Waals surface area (Å²) in [6.07, 6.45) is 4.70. The number of H-pyrrole nitrogens is 1. The van der Waals surface area contributed by atoms with Gasteiger partial charge in [-0.25, -0.2) is 9.97 Å². The maximum absolute atomic E-state index is 5.90. The van der Waals surface area contributed by atoms with E-state index in [4.69, 9.17) is 4.74 Å². The Morgan fingerprint density at radius 1 is 1.50 bits per heavy atom. The van der Waals surface area contributed by atoms with Crippen LogP contribution in [0.5, 0.6) is 5.88 Å². The molecular formula is C11H14N4O. The highest BCUT2D eigenvalue weighted by atomic mass is 16.5. The van der Waals surface area contributed by atoms with Crippen molar-refractivity contribution in [3.8, 4) is 5.88 Å². The highest BCUT2D eigenvalue weighted by molar-refractivity contribution is 5.80. The van der Waals surface area contributed by atoms with Crippen LogP contribution in [0.1, 0.15) is 6.42 Å². The summed E-state index contributed by atoms with van der Waals surface area (Å²) in [5, 5.41) is 0.956. The van der Waals surface area contributed by atoms with Gasteiger partial charge in [0.15, 0.2) is 0 Å². The number of fused-ring (bicyclic) bond motifs is 1. The first-order chi connectivity index (χ1) is 7.83. The Hall–Kier alpha value is -1.62. The molecule has 1 N–H and O–H groups in total. The average Bonchev–Trinajstić information content (AvgIpc) is 2.87. The lowest BCUT2D eigenvalue weighted by atomic mass is 10.3. The van der Waals surface area contributed by atoms with Gasteiger partial charge in [0.05, 0.1) is 5.39 Å². The molecule has 3 rings (SSSR count). The van der Waals surface area contributed by atoms with Crippen molar-refractivity contribution in [2.75, 3.05) is 20.1 Å². The van der Waals surface area contributed by atoms with Gasteiger partial charge >= 0.3 is 0 Å². The number of rotatable bonds is 2. The van der Waals surface area contributed by atoms with Crippen LogP contribution in [0.2, 0.25) is 0 Å². The topological polar surface area (TPSA) is 54.0 Å². The van der Waals surface area contributed by atoms with E-state index in [0.29, 0.717) is 5.88 Å². The minimum Gasteiger partial charge on any atom is -0.472 e. The van der Waals surface area contributed by atoms with Crippen molar-refractivity contribution >= 4 is 11.0 Å². The van der Waals surface area contributed by atoms with Crippen molar-refractivity contribution in [1.82, 2.24) is 19.9 Å². The number of hydrogen-bond acceptors (Lipinski definition) is 4. The number of hydrogen-bond donors (Lipinski definition) is 1. The van der Waals surface area contributed by atoms with E-state index in [1.807, 2.05) is 12.3 Å². The monoisotopic (exact) mass is 218 g/mol. The van der Waals surface area contributed by atoms with E-state index in [1.165, 1.54) is 6.33 Å². The molecule has 0 aromatic carbocycles. The van der Waals surface area contributed by atoms with Crippen molar-refractivity contribution < 1.29 is 4.74 Å². The lowest BCUT2D eigenvalue weighted by molar-refractivity contribution is 0.202. The lowest BCUT2D eigenvalue weighted by Gasteiger charge is -2.12. The number of nitrogens with zero attached hydrogens (tertiary/aromatic N) is 3. The molecule has 3 heterocycles. The number of likely N-dealkylation sites (tertiary alicyclic amines) is 1. The van der Waals surface area contributed by atoms with E-state index < -0.39 is 0 Å². The second-order valence-corrected chi connectivity index (χ2v) is 4.21. The standard InChI is InChI=1S/C11H14N4O/c1-15-5-3-8(6-15)16-11-9-2-4-12-10(9)13-7-14-11/h2,4,7-8H,3,5-6H2,1H3,(H,12,13,14). The number of likely N-dealkylation sites (N-methyl/N-ethyl adjacent to an activating group) is 1. The minimum absolute atomic E-state index is 0.248. The number of ether oxygens (including phenoxy) is 1. The normalized spacial score (nSPS) is 21.7. The smallest absolute Gasteiger partial charge is 0.226 e. The van der Waals surface area contributed by atoms with Crippen molar-refractivity contribution in [3.05, 3.63) is 18.6 Å². The largest absolute Gasteiger partial charge is 0.472 e. The highest BCUT2D eigenvalue weighted by Crippen LogP contribution is 2.23. The van der Waals surface area contributed by atoms with Crippen LogP contribution in [0.3, 0.4) is 0 Å². The number of nitrogens with one attached hydrogen (secondary N) is 1.